The normalized spacial score (nSPS) is 17.1. The number of hydrogen-bond acceptors (Lipinski definition) is 6. The molecule has 2 aromatic rings. The predicted molar refractivity (Wildman–Crippen MR) is 166 cm³/mol. The van der Waals surface area contributed by atoms with Crippen molar-refractivity contribution in [2.45, 2.75) is 104 Å². The van der Waals surface area contributed by atoms with Crippen LogP contribution in [0.2, 0.25) is 5.02 Å². The van der Waals surface area contributed by atoms with E-state index in [2.05, 4.69) is 32.0 Å². The van der Waals surface area contributed by atoms with Gasteiger partial charge in [-0.2, -0.15) is 4.98 Å². The zero-order valence-corrected chi connectivity index (χ0v) is 25.5. The molecule has 3 aliphatic carbocycles. The van der Waals surface area contributed by atoms with Crippen molar-refractivity contribution in [1.82, 2.24) is 20.6 Å². The quantitative estimate of drug-likeness (QED) is 0.225. The third kappa shape index (κ3) is 13.3. The van der Waals surface area contributed by atoms with Gasteiger partial charge in [0, 0.05) is 17.3 Å². The average molecular weight is 571 g/mol. The van der Waals surface area contributed by atoms with E-state index in [4.69, 9.17) is 17.3 Å². The molecule has 2 saturated carbocycles. The number of halogens is 1. The van der Waals surface area contributed by atoms with Crippen molar-refractivity contribution in [3.63, 3.8) is 0 Å². The molecule has 1 aromatic heterocycles. The van der Waals surface area contributed by atoms with Crippen LogP contribution in [0, 0.1) is 5.92 Å². The number of nitrogens with one attached hydrogen (secondary N) is 3. The van der Waals surface area contributed by atoms with Crippen molar-refractivity contribution in [2.24, 2.45) is 5.92 Å². The van der Waals surface area contributed by atoms with E-state index in [9.17, 15) is 9.59 Å². The summed E-state index contributed by atoms with van der Waals surface area (Å²) in [7, 11) is 0. The van der Waals surface area contributed by atoms with E-state index < -0.39 is 0 Å². The number of benzene rings is 1. The highest BCUT2D eigenvalue weighted by molar-refractivity contribution is 6.32. The number of amides is 2. The molecule has 1 aromatic carbocycles. The molecule has 0 saturated heterocycles. The van der Waals surface area contributed by atoms with Crippen LogP contribution in [0.4, 0.5) is 17.5 Å². The van der Waals surface area contributed by atoms with Crippen molar-refractivity contribution < 1.29 is 9.59 Å². The Balaban J connectivity index is 0.000000265. The van der Waals surface area contributed by atoms with Crippen molar-refractivity contribution in [3.05, 3.63) is 52.7 Å². The van der Waals surface area contributed by atoms with Gasteiger partial charge < -0.3 is 21.7 Å². The topological polar surface area (TPSA) is 122 Å². The first-order valence-electron chi connectivity index (χ1n) is 14.4. The first kappa shape index (κ1) is 33.1. The number of fused-ring (bicyclic) bond motifs is 2. The van der Waals surface area contributed by atoms with Gasteiger partial charge in [-0.05, 0) is 95.8 Å². The number of carbonyl (C=O) groups excluding carboxylic acids is 2. The Morgan fingerprint density at radius 1 is 1.18 bits per heavy atom. The van der Waals surface area contributed by atoms with Crippen LogP contribution in [-0.4, -0.2) is 33.9 Å². The van der Waals surface area contributed by atoms with Gasteiger partial charge in [-0.1, -0.05) is 49.2 Å². The Morgan fingerprint density at radius 3 is 2.50 bits per heavy atom. The standard InChI is InChI=1S/C16H20ClN5O.C9H14.C4H7NO.C2H6/c1-16(2,3)22-13(23)8-10-5-4-6-11(7-10)20-15-19-9-12(17)14(18)21-15;1-3-8-5-2-6-9(4-1)7-8;6-3-5-4-1-2-4;1-2/h4-7,9H,8H2,1-3H3,(H,22,23)(H3,18,19,20,21);3,9H,1-2,4-7H2;3-4H,1-2H2,(H,5,6);1-2H3. The first-order chi connectivity index (χ1) is 19.1. The monoisotopic (exact) mass is 570 g/mol. The molecule has 220 valence electrons. The fourth-order valence-corrected chi connectivity index (χ4v) is 4.56. The second kappa shape index (κ2) is 16.9. The lowest BCUT2D eigenvalue weighted by atomic mass is 9.79. The first-order valence-corrected chi connectivity index (χ1v) is 14.8. The van der Waals surface area contributed by atoms with Crippen LogP contribution in [0.1, 0.15) is 91.5 Å². The van der Waals surface area contributed by atoms with Gasteiger partial charge in [0.25, 0.3) is 0 Å². The summed E-state index contributed by atoms with van der Waals surface area (Å²) in [6.45, 7) is 9.85. The smallest absolute Gasteiger partial charge is 0.229 e. The summed E-state index contributed by atoms with van der Waals surface area (Å²) in [6, 6.07) is 8.02. The minimum Gasteiger partial charge on any atom is -0.382 e. The van der Waals surface area contributed by atoms with Gasteiger partial charge in [-0.25, -0.2) is 4.98 Å². The largest absolute Gasteiger partial charge is 0.382 e. The molecule has 5 N–H and O–H groups in total. The fourth-order valence-electron chi connectivity index (χ4n) is 4.47. The summed E-state index contributed by atoms with van der Waals surface area (Å²) < 4.78 is 0. The van der Waals surface area contributed by atoms with E-state index in [1.807, 2.05) is 58.9 Å². The van der Waals surface area contributed by atoms with Crippen LogP contribution < -0.4 is 21.7 Å². The zero-order chi connectivity index (χ0) is 29.5. The number of allylic oxidation sites excluding steroid dienone is 2. The Morgan fingerprint density at radius 2 is 1.93 bits per heavy atom. The van der Waals surface area contributed by atoms with Gasteiger partial charge in [0.1, 0.15) is 10.8 Å². The molecule has 2 bridgehead atoms. The molecule has 2 amide bonds. The van der Waals surface area contributed by atoms with E-state index in [0.717, 1.165) is 23.6 Å². The Labute approximate surface area is 245 Å². The third-order valence-corrected chi connectivity index (χ3v) is 6.67. The van der Waals surface area contributed by atoms with Crippen molar-refractivity contribution in [3.8, 4) is 0 Å². The molecule has 8 nitrogen and oxygen atoms in total. The number of carbonyl (C=O) groups is 2. The highest BCUT2D eigenvalue weighted by Crippen LogP contribution is 2.35. The van der Waals surface area contributed by atoms with Crippen molar-refractivity contribution in [2.75, 3.05) is 11.1 Å². The summed E-state index contributed by atoms with van der Waals surface area (Å²) in [5.74, 6) is 1.62. The van der Waals surface area contributed by atoms with E-state index >= 15 is 0 Å². The second-order valence-electron chi connectivity index (χ2n) is 11.2. The number of hydrogen-bond donors (Lipinski definition) is 4. The molecule has 0 radical (unpaired) electrons. The van der Waals surface area contributed by atoms with Gasteiger partial charge in [0.2, 0.25) is 18.3 Å². The molecule has 2 fully saturated rings. The number of nitrogen functional groups attached to an aromatic ring is 1. The highest BCUT2D eigenvalue weighted by Gasteiger charge is 2.19. The summed E-state index contributed by atoms with van der Waals surface area (Å²) in [4.78, 5) is 29.6. The van der Waals surface area contributed by atoms with Crippen molar-refractivity contribution >= 4 is 41.4 Å². The SMILES string of the molecule is C1=C2CCCC(CC1)C2.CC.CC(C)(C)NC(=O)Cc1cccc(Nc2ncc(Cl)c(N)n2)c1.O=CNC1CC1. The van der Waals surface area contributed by atoms with E-state index in [1.54, 1.807) is 5.57 Å². The van der Waals surface area contributed by atoms with Gasteiger partial charge in [0.15, 0.2) is 0 Å². The Kier molecular flexibility index (Phi) is 13.9. The third-order valence-electron chi connectivity index (χ3n) is 6.38. The van der Waals surface area contributed by atoms with Crippen LogP contribution in [-0.2, 0) is 16.0 Å². The van der Waals surface area contributed by atoms with Crippen molar-refractivity contribution in [1.29, 1.82) is 0 Å². The van der Waals surface area contributed by atoms with Crippen LogP contribution in [0.5, 0.6) is 0 Å². The fraction of sp³-hybridized carbons (Fsp3) is 0.548. The minimum absolute atomic E-state index is 0.0263. The highest BCUT2D eigenvalue weighted by atomic mass is 35.5. The molecule has 0 spiro atoms. The van der Waals surface area contributed by atoms with E-state index in [1.165, 1.54) is 57.6 Å². The lowest BCUT2D eigenvalue weighted by molar-refractivity contribution is -0.121. The molecule has 5 rings (SSSR count). The maximum Gasteiger partial charge on any atom is 0.229 e. The number of nitrogens with zero attached hydrogens (tertiary/aromatic N) is 2. The Bertz CT molecular complexity index is 1110. The van der Waals surface area contributed by atoms with Crippen LogP contribution in [0.15, 0.2) is 42.1 Å². The van der Waals surface area contributed by atoms with E-state index in [0.29, 0.717) is 23.4 Å². The van der Waals surface area contributed by atoms with Gasteiger partial charge in [-0.15, -0.1) is 0 Å². The summed E-state index contributed by atoms with van der Waals surface area (Å²) in [5.41, 5.74) is 8.82. The van der Waals surface area contributed by atoms with E-state index in [-0.39, 0.29) is 17.3 Å². The van der Waals surface area contributed by atoms with Crippen LogP contribution >= 0.6 is 11.6 Å². The molecular weight excluding hydrogens is 524 g/mol. The maximum absolute atomic E-state index is 12.0. The number of nitrogens with two attached hydrogens (primary N) is 1. The van der Waals surface area contributed by atoms with Gasteiger partial charge in [-0.3, -0.25) is 9.59 Å². The summed E-state index contributed by atoms with van der Waals surface area (Å²) in [6.07, 6.45) is 16.0. The molecule has 9 heteroatoms. The molecule has 40 heavy (non-hydrogen) atoms. The predicted octanol–water partition coefficient (Wildman–Crippen LogP) is 6.73. The summed E-state index contributed by atoms with van der Waals surface area (Å²) in [5, 5.41) is 8.92. The molecule has 1 heterocycles. The van der Waals surface area contributed by atoms with Gasteiger partial charge in [0.05, 0.1) is 12.6 Å². The van der Waals surface area contributed by atoms with Crippen LogP contribution in [0.25, 0.3) is 0 Å². The van der Waals surface area contributed by atoms with Gasteiger partial charge >= 0.3 is 0 Å². The second-order valence-corrected chi connectivity index (χ2v) is 11.6. The lowest BCUT2D eigenvalue weighted by Crippen LogP contribution is -2.41. The maximum atomic E-state index is 12.0. The molecule has 1 atom stereocenters. The minimum atomic E-state index is -0.248. The Hall–Kier alpha value is -3.13. The molecular formula is C31H47ClN6O2. The summed E-state index contributed by atoms with van der Waals surface area (Å²) >= 11 is 5.80. The zero-order valence-electron chi connectivity index (χ0n) is 24.7. The molecule has 3 aliphatic rings. The average Bonchev–Trinajstić information content (AvgIpc) is 3.72. The van der Waals surface area contributed by atoms with Crippen LogP contribution in [0.3, 0.4) is 0 Å². The number of rotatable bonds is 6. The number of anilines is 3. The molecule has 0 aliphatic heterocycles. The lowest BCUT2D eigenvalue weighted by Gasteiger charge is -2.27. The molecule has 1 unspecified atom stereocenters. The number of aromatic nitrogens is 2.